The van der Waals surface area contributed by atoms with Crippen molar-refractivity contribution in [1.82, 2.24) is 0 Å². The van der Waals surface area contributed by atoms with Crippen LogP contribution < -0.4 is 21.9 Å². The average Bonchev–Trinajstić information content (AvgIpc) is 2.19. The molecule has 1 aromatic carbocycles. The van der Waals surface area contributed by atoms with E-state index in [4.69, 9.17) is 17.2 Å². The number of halogens is 4. The molecule has 0 aliphatic rings. The van der Waals surface area contributed by atoms with Crippen molar-refractivity contribution in [1.29, 1.82) is 0 Å². The van der Waals surface area contributed by atoms with Crippen molar-refractivity contribution in [2.24, 2.45) is 27.2 Å². The third-order valence-corrected chi connectivity index (χ3v) is 2.25. The molecule has 0 fully saturated rings. The largest absolute Gasteiger partial charge is 0.573 e. The summed E-state index contributed by atoms with van der Waals surface area (Å²) < 4.78 is 39.9. The Morgan fingerprint density at radius 3 is 2.32 bits per heavy atom. The quantitative estimate of drug-likeness (QED) is 0.560. The number of hydrogen-bond donors (Lipinski definition) is 3. The van der Waals surface area contributed by atoms with E-state index in [1.807, 2.05) is 0 Å². The number of alkyl halides is 3. The molecule has 0 aliphatic carbocycles. The smallest absolute Gasteiger partial charge is 0.405 e. The van der Waals surface area contributed by atoms with Gasteiger partial charge in [0.2, 0.25) is 5.96 Å². The molecular weight excluding hydrogens is 331 g/mol. The lowest BCUT2D eigenvalue weighted by Gasteiger charge is -2.10. The zero-order valence-corrected chi connectivity index (χ0v) is 10.9. The Hall–Kier alpha value is -1.97. The highest BCUT2D eigenvalue weighted by molar-refractivity contribution is 9.10. The number of nitrogens with two attached hydrogens (primary N) is 3. The fourth-order valence-electron chi connectivity index (χ4n) is 1.06. The van der Waals surface area contributed by atoms with Gasteiger partial charge in [0.15, 0.2) is 5.96 Å². The van der Waals surface area contributed by atoms with Gasteiger partial charge in [0, 0.05) is 0 Å². The fraction of sp³-hybridized carbons (Fsp3) is 0.111. The van der Waals surface area contributed by atoms with Crippen LogP contribution in [0.25, 0.3) is 0 Å². The minimum absolute atomic E-state index is 0.0589. The van der Waals surface area contributed by atoms with Gasteiger partial charge in [0.1, 0.15) is 5.75 Å². The van der Waals surface area contributed by atoms with Gasteiger partial charge in [0.25, 0.3) is 0 Å². The molecule has 0 unspecified atom stereocenters. The summed E-state index contributed by atoms with van der Waals surface area (Å²) in [5, 5.41) is 0. The summed E-state index contributed by atoms with van der Waals surface area (Å²) in [6, 6.07) is 3.62. The van der Waals surface area contributed by atoms with Gasteiger partial charge in [-0.05, 0) is 34.1 Å². The lowest BCUT2D eigenvalue weighted by Crippen LogP contribution is -2.26. The number of nitrogens with zero attached hydrogens (tertiary/aromatic N) is 2. The second kappa shape index (κ2) is 5.78. The molecule has 0 saturated carbocycles. The minimum Gasteiger partial charge on any atom is -0.405 e. The average molecular weight is 340 g/mol. The number of ether oxygens (including phenoxy) is 1. The van der Waals surface area contributed by atoms with Crippen LogP contribution in [-0.2, 0) is 0 Å². The van der Waals surface area contributed by atoms with Crippen LogP contribution in [-0.4, -0.2) is 18.3 Å². The lowest BCUT2D eigenvalue weighted by atomic mass is 10.3. The Labute approximate surface area is 114 Å². The highest BCUT2D eigenvalue weighted by Crippen LogP contribution is 2.33. The maximum atomic E-state index is 12.0. The van der Waals surface area contributed by atoms with E-state index in [2.05, 4.69) is 30.7 Å². The first-order chi connectivity index (χ1) is 8.67. The zero-order valence-electron chi connectivity index (χ0n) is 9.28. The van der Waals surface area contributed by atoms with Gasteiger partial charge in [0.05, 0.1) is 10.2 Å². The van der Waals surface area contributed by atoms with Gasteiger partial charge in [-0.2, -0.15) is 4.99 Å². The third kappa shape index (κ3) is 5.46. The summed E-state index contributed by atoms with van der Waals surface area (Å²) >= 11 is 2.92. The summed E-state index contributed by atoms with van der Waals surface area (Å²) in [6.45, 7) is 0. The van der Waals surface area contributed by atoms with Crippen molar-refractivity contribution in [3.63, 3.8) is 0 Å². The molecule has 0 spiro atoms. The second-order valence-electron chi connectivity index (χ2n) is 3.17. The molecule has 0 aromatic heterocycles. The van der Waals surface area contributed by atoms with Gasteiger partial charge in [-0.15, -0.1) is 13.2 Å². The summed E-state index contributed by atoms with van der Waals surface area (Å²) in [5.41, 5.74) is 15.8. The predicted octanol–water partition coefficient (Wildman–Crippen LogP) is 1.57. The van der Waals surface area contributed by atoms with Gasteiger partial charge >= 0.3 is 6.36 Å². The van der Waals surface area contributed by atoms with E-state index in [9.17, 15) is 13.2 Å². The first-order valence-corrected chi connectivity index (χ1v) is 5.46. The van der Waals surface area contributed by atoms with Crippen molar-refractivity contribution in [2.75, 3.05) is 0 Å². The van der Waals surface area contributed by atoms with Crippen LogP contribution in [0.3, 0.4) is 0 Å². The molecule has 10 heteroatoms. The first kappa shape index (κ1) is 15.1. The minimum atomic E-state index is -4.77. The monoisotopic (exact) mass is 339 g/mol. The van der Waals surface area contributed by atoms with Crippen molar-refractivity contribution < 1.29 is 17.9 Å². The Morgan fingerprint density at radius 2 is 1.84 bits per heavy atom. The Bertz CT molecular complexity index is 525. The van der Waals surface area contributed by atoms with Crippen LogP contribution in [0.1, 0.15) is 0 Å². The Balaban J connectivity index is 2.97. The van der Waals surface area contributed by atoms with E-state index in [0.717, 1.165) is 6.07 Å². The topological polar surface area (TPSA) is 112 Å². The van der Waals surface area contributed by atoms with E-state index in [1.165, 1.54) is 12.1 Å². The van der Waals surface area contributed by atoms with E-state index >= 15 is 0 Å². The van der Waals surface area contributed by atoms with Crippen LogP contribution >= 0.6 is 15.9 Å². The van der Waals surface area contributed by atoms with Crippen LogP contribution in [0.15, 0.2) is 32.7 Å². The molecule has 0 radical (unpaired) electrons. The van der Waals surface area contributed by atoms with E-state index in [0.29, 0.717) is 0 Å². The molecule has 19 heavy (non-hydrogen) atoms. The van der Waals surface area contributed by atoms with Crippen LogP contribution in [0, 0.1) is 0 Å². The molecule has 1 rings (SSSR count). The van der Waals surface area contributed by atoms with Crippen LogP contribution in [0.5, 0.6) is 5.75 Å². The molecule has 1 aromatic rings. The summed E-state index contributed by atoms with van der Waals surface area (Å²) in [6.07, 6.45) is -4.77. The van der Waals surface area contributed by atoms with Gasteiger partial charge in [-0.25, -0.2) is 4.99 Å². The maximum Gasteiger partial charge on any atom is 0.573 e. The number of hydrogen-bond acceptors (Lipinski definition) is 2. The molecule has 0 saturated heterocycles. The number of aliphatic imine (C=N–C) groups is 2. The molecule has 104 valence electrons. The maximum absolute atomic E-state index is 12.0. The number of rotatable bonds is 2. The molecular formula is C9H9BrF3N5O. The third-order valence-electron chi connectivity index (χ3n) is 1.63. The molecule has 0 aliphatic heterocycles. The summed E-state index contributed by atoms with van der Waals surface area (Å²) in [7, 11) is 0. The summed E-state index contributed by atoms with van der Waals surface area (Å²) in [4.78, 5) is 7.24. The van der Waals surface area contributed by atoms with Crippen LogP contribution in [0.2, 0.25) is 0 Å². The Kier molecular flexibility index (Phi) is 4.59. The van der Waals surface area contributed by atoms with Gasteiger partial charge in [-0.3, -0.25) is 0 Å². The van der Waals surface area contributed by atoms with E-state index < -0.39 is 12.1 Å². The van der Waals surface area contributed by atoms with Crippen molar-refractivity contribution in [3.8, 4) is 5.75 Å². The van der Waals surface area contributed by atoms with Crippen molar-refractivity contribution >= 4 is 33.5 Å². The molecule has 0 bridgehead atoms. The van der Waals surface area contributed by atoms with Crippen LogP contribution in [0.4, 0.5) is 18.9 Å². The predicted molar refractivity (Wildman–Crippen MR) is 67.9 cm³/mol. The molecule has 0 amide bonds. The normalized spacial score (nSPS) is 12.1. The second-order valence-corrected chi connectivity index (χ2v) is 4.02. The fourth-order valence-corrected chi connectivity index (χ4v) is 1.50. The molecule has 0 heterocycles. The van der Waals surface area contributed by atoms with Gasteiger partial charge in [-0.1, -0.05) is 0 Å². The van der Waals surface area contributed by atoms with Crippen molar-refractivity contribution in [3.05, 3.63) is 22.7 Å². The van der Waals surface area contributed by atoms with E-state index in [-0.39, 0.29) is 22.1 Å². The van der Waals surface area contributed by atoms with E-state index in [1.54, 1.807) is 0 Å². The summed E-state index contributed by atoms with van der Waals surface area (Å²) in [5.74, 6) is -0.902. The zero-order chi connectivity index (χ0) is 14.6. The first-order valence-electron chi connectivity index (χ1n) is 4.66. The highest BCUT2D eigenvalue weighted by atomic mass is 79.9. The molecule has 6 nitrogen and oxygen atoms in total. The molecule has 6 N–H and O–H groups in total. The lowest BCUT2D eigenvalue weighted by molar-refractivity contribution is -0.274. The standard InChI is InChI=1S/C9H9BrF3N5O/c10-5-3-4(17-8(16)18-7(14)15)1-2-6(5)19-9(11,12)13/h1-3H,(H6,14,15,16,17,18). The molecule has 0 atom stereocenters. The SMILES string of the molecule is NC(N)=NC(N)=Nc1ccc(OC(F)(F)F)c(Br)c1. The number of benzene rings is 1. The Morgan fingerprint density at radius 1 is 1.21 bits per heavy atom. The van der Waals surface area contributed by atoms with Crippen molar-refractivity contribution in [2.45, 2.75) is 6.36 Å². The number of guanidine groups is 2. The van der Waals surface area contributed by atoms with Gasteiger partial charge < -0.3 is 21.9 Å². The highest BCUT2D eigenvalue weighted by Gasteiger charge is 2.31.